The summed E-state index contributed by atoms with van der Waals surface area (Å²) in [7, 11) is 0. The van der Waals surface area contributed by atoms with E-state index < -0.39 is 0 Å². The molecule has 2 heterocycles. The van der Waals surface area contributed by atoms with Crippen LogP contribution in [0.3, 0.4) is 0 Å². The maximum absolute atomic E-state index is 5.44. The van der Waals surface area contributed by atoms with Crippen molar-refractivity contribution in [1.29, 1.82) is 0 Å². The fourth-order valence-electron chi connectivity index (χ4n) is 2.47. The van der Waals surface area contributed by atoms with E-state index in [0.717, 1.165) is 45.3 Å². The predicted molar refractivity (Wildman–Crippen MR) is 83.7 cm³/mol. The first-order chi connectivity index (χ1) is 9.78. The number of anilines is 1. The molecular formula is C15H25N3OS. The van der Waals surface area contributed by atoms with Gasteiger partial charge in [0.2, 0.25) is 0 Å². The van der Waals surface area contributed by atoms with Gasteiger partial charge in [-0.1, -0.05) is 13.8 Å². The van der Waals surface area contributed by atoms with Gasteiger partial charge < -0.3 is 15.0 Å². The fraction of sp³-hybridized carbons (Fsp3) is 0.800. The molecule has 1 aliphatic heterocycles. The molecule has 1 aromatic heterocycles. The quantitative estimate of drug-likeness (QED) is 0.875. The van der Waals surface area contributed by atoms with Gasteiger partial charge in [0, 0.05) is 30.6 Å². The molecule has 0 spiro atoms. The number of hydrogen-bond acceptors (Lipinski definition) is 5. The molecule has 1 aromatic rings. The molecule has 1 N–H and O–H groups in total. The highest BCUT2D eigenvalue weighted by molar-refractivity contribution is 7.15. The Balaban J connectivity index is 1.75. The summed E-state index contributed by atoms with van der Waals surface area (Å²) in [6, 6.07) is 0.758. The Morgan fingerprint density at radius 1 is 1.40 bits per heavy atom. The summed E-state index contributed by atoms with van der Waals surface area (Å²) in [5, 5.41) is 4.83. The number of aromatic nitrogens is 1. The first kappa shape index (κ1) is 14.3. The lowest BCUT2D eigenvalue weighted by Gasteiger charge is -2.26. The van der Waals surface area contributed by atoms with Gasteiger partial charge in [-0.2, -0.15) is 0 Å². The smallest absolute Gasteiger partial charge is 0.185 e. The minimum atomic E-state index is 0.553. The second-order valence-corrected chi connectivity index (χ2v) is 6.93. The molecule has 0 bridgehead atoms. The van der Waals surface area contributed by atoms with Crippen LogP contribution in [-0.4, -0.2) is 37.3 Å². The van der Waals surface area contributed by atoms with Crippen LogP contribution >= 0.6 is 11.3 Å². The van der Waals surface area contributed by atoms with Crippen molar-refractivity contribution in [2.75, 3.05) is 31.2 Å². The van der Waals surface area contributed by atoms with Crippen molar-refractivity contribution in [3.05, 3.63) is 10.6 Å². The van der Waals surface area contributed by atoms with Gasteiger partial charge in [-0.25, -0.2) is 4.98 Å². The highest BCUT2D eigenvalue weighted by Gasteiger charge is 2.24. The molecule has 1 atom stereocenters. The van der Waals surface area contributed by atoms with Crippen LogP contribution in [0.1, 0.15) is 49.6 Å². The number of ether oxygens (including phenoxy) is 1. The molecule has 2 aliphatic rings. The summed E-state index contributed by atoms with van der Waals surface area (Å²) < 4.78 is 5.44. The zero-order valence-electron chi connectivity index (χ0n) is 12.5. The summed E-state index contributed by atoms with van der Waals surface area (Å²) in [6.07, 6.45) is 3.84. The number of hydrogen-bond donors (Lipinski definition) is 1. The highest BCUT2D eigenvalue weighted by Crippen LogP contribution is 2.33. The zero-order valence-corrected chi connectivity index (χ0v) is 13.3. The topological polar surface area (TPSA) is 37.4 Å². The number of morpholine rings is 1. The van der Waals surface area contributed by atoms with Crippen molar-refractivity contribution in [1.82, 2.24) is 10.3 Å². The van der Waals surface area contributed by atoms with E-state index in [1.54, 1.807) is 0 Å². The van der Waals surface area contributed by atoms with E-state index in [1.165, 1.54) is 28.5 Å². The first-order valence-corrected chi connectivity index (χ1v) is 8.65. The fourth-order valence-corrected chi connectivity index (χ4v) is 3.65. The second-order valence-electron chi connectivity index (χ2n) is 5.87. The Kier molecular flexibility index (Phi) is 4.58. The minimum absolute atomic E-state index is 0.553. The summed E-state index contributed by atoms with van der Waals surface area (Å²) in [5.41, 5.74) is 1.31. The number of nitrogens with zero attached hydrogens (tertiary/aromatic N) is 2. The van der Waals surface area contributed by atoms with E-state index in [0.29, 0.717) is 5.92 Å². The number of thiazole rings is 1. The van der Waals surface area contributed by atoms with Crippen LogP contribution in [0, 0.1) is 0 Å². The molecule has 1 saturated carbocycles. The van der Waals surface area contributed by atoms with Crippen molar-refractivity contribution in [2.24, 2.45) is 0 Å². The van der Waals surface area contributed by atoms with E-state index in [-0.39, 0.29) is 0 Å². The molecule has 1 unspecified atom stereocenters. The Hall–Kier alpha value is -0.650. The summed E-state index contributed by atoms with van der Waals surface area (Å²) in [6.45, 7) is 9.13. The molecular weight excluding hydrogens is 270 g/mol. The van der Waals surface area contributed by atoms with Gasteiger partial charge in [-0.05, 0) is 25.2 Å². The van der Waals surface area contributed by atoms with Gasteiger partial charge in [0.1, 0.15) is 0 Å². The van der Waals surface area contributed by atoms with Gasteiger partial charge in [-0.15, -0.1) is 11.3 Å². The SMILES string of the molecule is CCC(C)c1nc(N2CCOCC2)sc1CNC1CC1. The third-order valence-electron chi connectivity index (χ3n) is 4.21. The third kappa shape index (κ3) is 3.32. The van der Waals surface area contributed by atoms with Crippen LogP contribution in [-0.2, 0) is 11.3 Å². The lowest BCUT2D eigenvalue weighted by molar-refractivity contribution is 0.122. The Morgan fingerprint density at radius 2 is 2.15 bits per heavy atom. The molecule has 2 fully saturated rings. The van der Waals surface area contributed by atoms with E-state index in [4.69, 9.17) is 9.72 Å². The van der Waals surface area contributed by atoms with Crippen LogP contribution in [0.4, 0.5) is 5.13 Å². The van der Waals surface area contributed by atoms with Crippen LogP contribution in [0.25, 0.3) is 0 Å². The molecule has 5 heteroatoms. The highest BCUT2D eigenvalue weighted by atomic mass is 32.1. The Morgan fingerprint density at radius 3 is 2.80 bits per heavy atom. The van der Waals surface area contributed by atoms with Crippen molar-refractivity contribution in [3.63, 3.8) is 0 Å². The molecule has 112 valence electrons. The van der Waals surface area contributed by atoms with E-state index in [9.17, 15) is 0 Å². The number of nitrogens with one attached hydrogen (secondary N) is 1. The van der Waals surface area contributed by atoms with Crippen LogP contribution in [0.5, 0.6) is 0 Å². The van der Waals surface area contributed by atoms with E-state index >= 15 is 0 Å². The lowest BCUT2D eigenvalue weighted by Crippen LogP contribution is -2.36. The van der Waals surface area contributed by atoms with Gasteiger partial charge >= 0.3 is 0 Å². The van der Waals surface area contributed by atoms with Crippen LogP contribution in [0.2, 0.25) is 0 Å². The molecule has 0 aromatic carbocycles. The van der Waals surface area contributed by atoms with Crippen molar-refractivity contribution in [2.45, 2.75) is 51.6 Å². The minimum Gasteiger partial charge on any atom is -0.378 e. The molecule has 3 rings (SSSR count). The van der Waals surface area contributed by atoms with E-state index in [2.05, 4.69) is 24.1 Å². The lowest BCUT2D eigenvalue weighted by atomic mass is 10.0. The molecule has 0 amide bonds. The van der Waals surface area contributed by atoms with Crippen LogP contribution in [0.15, 0.2) is 0 Å². The third-order valence-corrected chi connectivity index (χ3v) is 5.34. The molecule has 1 saturated heterocycles. The van der Waals surface area contributed by atoms with Crippen molar-refractivity contribution < 1.29 is 4.74 Å². The number of rotatable bonds is 6. The predicted octanol–water partition coefficient (Wildman–Crippen LogP) is 2.75. The first-order valence-electron chi connectivity index (χ1n) is 7.83. The summed E-state index contributed by atoms with van der Waals surface area (Å²) in [5.74, 6) is 0.553. The summed E-state index contributed by atoms with van der Waals surface area (Å²) in [4.78, 5) is 8.77. The van der Waals surface area contributed by atoms with Gasteiger partial charge in [0.25, 0.3) is 0 Å². The second kappa shape index (κ2) is 6.41. The maximum atomic E-state index is 5.44. The average molecular weight is 295 g/mol. The maximum Gasteiger partial charge on any atom is 0.185 e. The summed E-state index contributed by atoms with van der Waals surface area (Å²) >= 11 is 1.88. The van der Waals surface area contributed by atoms with Crippen LogP contribution < -0.4 is 10.2 Å². The Bertz CT molecular complexity index is 438. The van der Waals surface area contributed by atoms with Gasteiger partial charge in [0.05, 0.1) is 18.9 Å². The monoisotopic (exact) mass is 295 g/mol. The average Bonchev–Trinajstić information content (AvgIpc) is 3.23. The molecule has 0 radical (unpaired) electrons. The van der Waals surface area contributed by atoms with Gasteiger partial charge in [0.15, 0.2) is 5.13 Å². The standard InChI is InChI=1S/C15H25N3OS/c1-3-11(2)14-13(10-16-12-4-5-12)20-15(17-14)18-6-8-19-9-7-18/h11-12,16H,3-10H2,1-2H3. The van der Waals surface area contributed by atoms with Crippen molar-refractivity contribution in [3.8, 4) is 0 Å². The van der Waals surface area contributed by atoms with E-state index in [1.807, 2.05) is 11.3 Å². The zero-order chi connectivity index (χ0) is 13.9. The Labute approximate surface area is 125 Å². The molecule has 20 heavy (non-hydrogen) atoms. The van der Waals surface area contributed by atoms with Crippen molar-refractivity contribution >= 4 is 16.5 Å². The normalized spacial score (nSPS) is 21.2. The molecule has 1 aliphatic carbocycles. The van der Waals surface area contributed by atoms with Gasteiger partial charge in [-0.3, -0.25) is 0 Å². The largest absolute Gasteiger partial charge is 0.378 e. The molecule has 4 nitrogen and oxygen atoms in total.